The average molecular weight is 240 g/mol. The van der Waals surface area contributed by atoms with Gasteiger partial charge in [0.25, 0.3) is 0 Å². The van der Waals surface area contributed by atoms with Gasteiger partial charge in [-0.2, -0.15) is 0 Å². The number of carbonyl (C=O) groups is 1. The van der Waals surface area contributed by atoms with Crippen LogP contribution in [0, 0.1) is 5.92 Å². The fraction of sp³-hybridized carbons (Fsp3) is 0.929. The third-order valence-corrected chi connectivity index (χ3v) is 4.43. The summed E-state index contributed by atoms with van der Waals surface area (Å²) in [6.45, 7) is 6.37. The van der Waals surface area contributed by atoms with Gasteiger partial charge in [-0.15, -0.1) is 0 Å². The summed E-state index contributed by atoms with van der Waals surface area (Å²) in [7, 11) is 1.93. The predicted molar refractivity (Wildman–Crippen MR) is 71.7 cm³/mol. The second-order valence-corrected chi connectivity index (χ2v) is 6.12. The zero-order valence-electron chi connectivity index (χ0n) is 11.8. The molecule has 0 heterocycles. The quantitative estimate of drug-likeness (QED) is 0.821. The van der Waals surface area contributed by atoms with Crippen LogP contribution in [0.15, 0.2) is 0 Å². The predicted octanol–water partition coefficient (Wildman–Crippen LogP) is 2.54. The van der Waals surface area contributed by atoms with E-state index in [0.29, 0.717) is 18.4 Å². The van der Waals surface area contributed by atoms with Crippen LogP contribution in [0.1, 0.15) is 59.3 Å². The molecule has 0 saturated heterocycles. The van der Waals surface area contributed by atoms with Crippen LogP contribution >= 0.6 is 0 Å². The van der Waals surface area contributed by atoms with Gasteiger partial charge in [-0.05, 0) is 45.4 Å². The zero-order valence-corrected chi connectivity index (χ0v) is 11.8. The van der Waals surface area contributed by atoms with Crippen molar-refractivity contribution in [3.05, 3.63) is 0 Å². The number of nitrogens with two attached hydrogens (primary N) is 1. The van der Waals surface area contributed by atoms with Gasteiger partial charge in [0.2, 0.25) is 5.91 Å². The van der Waals surface area contributed by atoms with E-state index in [4.69, 9.17) is 5.73 Å². The van der Waals surface area contributed by atoms with Crippen molar-refractivity contribution in [3.8, 4) is 0 Å². The second kappa shape index (κ2) is 5.85. The fourth-order valence-electron chi connectivity index (χ4n) is 2.48. The van der Waals surface area contributed by atoms with Crippen LogP contribution in [-0.2, 0) is 4.79 Å². The molecule has 0 bridgehead atoms. The van der Waals surface area contributed by atoms with Gasteiger partial charge in [0.15, 0.2) is 0 Å². The van der Waals surface area contributed by atoms with Crippen LogP contribution in [0.3, 0.4) is 0 Å². The van der Waals surface area contributed by atoms with Crippen LogP contribution in [0.2, 0.25) is 0 Å². The Hall–Kier alpha value is -0.570. The maximum atomic E-state index is 12.2. The standard InChI is InChI=1S/C14H28N2O/c1-5-14(2,3)16(4)13(17)10-11-7-6-8-12(15)9-11/h11-12H,5-10,15H2,1-4H3. The summed E-state index contributed by atoms with van der Waals surface area (Å²) in [5.74, 6) is 0.775. The monoisotopic (exact) mass is 240 g/mol. The molecule has 0 aromatic heterocycles. The minimum atomic E-state index is -0.0339. The third-order valence-electron chi connectivity index (χ3n) is 4.43. The summed E-state index contributed by atoms with van der Waals surface area (Å²) >= 11 is 0. The van der Waals surface area contributed by atoms with E-state index in [1.165, 1.54) is 12.8 Å². The van der Waals surface area contributed by atoms with E-state index in [2.05, 4.69) is 20.8 Å². The van der Waals surface area contributed by atoms with Crippen molar-refractivity contribution in [1.29, 1.82) is 0 Å². The Labute approximate surface area is 106 Å². The topological polar surface area (TPSA) is 46.3 Å². The summed E-state index contributed by atoms with van der Waals surface area (Å²) < 4.78 is 0. The first kappa shape index (κ1) is 14.5. The van der Waals surface area contributed by atoms with E-state index >= 15 is 0 Å². The molecule has 1 saturated carbocycles. The van der Waals surface area contributed by atoms with Gasteiger partial charge in [0.1, 0.15) is 0 Å². The van der Waals surface area contributed by atoms with Crippen molar-refractivity contribution in [2.24, 2.45) is 11.7 Å². The number of hydrogen-bond acceptors (Lipinski definition) is 2. The molecule has 2 atom stereocenters. The molecule has 0 radical (unpaired) electrons. The summed E-state index contributed by atoms with van der Waals surface area (Å²) in [5.41, 5.74) is 5.93. The Bertz CT molecular complexity index is 263. The van der Waals surface area contributed by atoms with Crippen molar-refractivity contribution in [1.82, 2.24) is 4.90 Å². The first-order valence-electron chi connectivity index (χ1n) is 6.89. The molecule has 2 unspecified atom stereocenters. The number of hydrogen-bond donors (Lipinski definition) is 1. The number of carbonyl (C=O) groups excluding carboxylic acids is 1. The Morgan fingerprint density at radius 1 is 1.41 bits per heavy atom. The molecular formula is C14H28N2O. The highest BCUT2D eigenvalue weighted by Crippen LogP contribution is 2.27. The van der Waals surface area contributed by atoms with Gasteiger partial charge in [0, 0.05) is 25.0 Å². The van der Waals surface area contributed by atoms with Crippen molar-refractivity contribution < 1.29 is 4.79 Å². The summed E-state index contributed by atoms with van der Waals surface area (Å²) in [5, 5.41) is 0. The normalized spacial score (nSPS) is 25.7. The highest BCUT2D eigenvalue weighted by Gasteiger charge is 2.28. The molecule has 0 spiro atoms. The fourth-order valence-corrected chi connectivity index (χ4v) is 2.48. The van der Waals surface area contributed by atoms with E-state index in [1.54, 1.807) is 0 Å². The van der Waals surface area contributed by atoms with Crippen molar-refractivity contribution in [2.45, 2.75) is 70.9 Å². The molecule has 1 fully saturated rings. The molecule has 0 aromatic carbocycles. The highest BCUT2D eigenvalue weighted by atomic mass is 16.2. The molecule has 2 N–H and O–H groups in total. The molecular weight excluding hydrogens is 212 g/mol. The maximum Gasteiger partial charge on any atom is 0.223 e. The minimum Gasteiger partial charge on any atom is -0.341 e. The van der Waals surface area contributed by atoms with E-state index in [-0.39, 0.29) is 11.4 Å². The first-order valence-corrected chi connectivity index (χ1v) is 6.89. The SMILES string of the molecule is CCC(C)(C)N(C)C(=O)CC1CCCC(N)C1. The third kappa shape index (κ3) is 3.98. The van der Waals surface area contributed by atoms with Gasteiger partial charge in [-0.25, -0.2) is 0 Å². The van der Waals surface area contributed by atoms with Crippen molar-refractivity contribution in [2.75, 3.05) is 7.05 Å². The molecule has 1 amide bonds. The largest absolute Gasteiger partial charge is 0.341 e. The van der Waals surface area contributed by atoms with Gasteiger partial charge in [-0.1, -0.05) is 13.3 Å². The zero-order chi connectivity index (χ0) is 13.1. The molecule has 1 aliphatic rings. The van der Waals surface area contributed by atoms with Gasteiger partial charge < -0.3 is 10.6 Å². The number of amides is 1. The Kier molecular flexibility index (Phi) is 4.99. The van der Waals surface area contributed by atoms with Crippen LogP contribution < -0.4 is 5.73 Å². The molecule has 0 aromatic rings. The lowest BCUT2D eigenvalue weighted by Gasteiger charge is -2.36. The lowest BCUT2D eigenvalue weighted by molar-refractivity contribution is -0.136. The minimum absolute atomic E-state index is 0.0339. The highest BCUT2D eigenvalue weighted by molar-refractivity contribution is 5.77. The molecule has 3 nitrogen and oxygen atoms in total. The number of nitrogens with zero attached hydrogens (tertiary/aromatic N) is 1. The molecule has 1 rings (SSSR count). The van der Waals surface area contributed by atoms with Crippen LogP contribution in [0.5, 0.6) is 0 Å². The molecule has 0 aliphatic heterocycles. The Morgan fingerprint density at radius 3 is 2.59 bits per heavy atom. The van der Waals surface area contributed by atoms with E-state index in [9.17, 15) is 4.79 Å². The summed E-state index contributed by atoms with van der Waals surface area (Å²) in [6, 6.07) is 0.311. The molecule has 3 heteroatoms. The summed E-state index contributed by atoms with van der Waals surface area (Å²) in [6.07, 6.45) is 6.15. The average Bonchev–Trinajstić information content (AvgIpc) is 2.28. The van der Waals surface area contributed by atoms with E-state index in [1.807, 2.05) is 11.9 Å². The van der Waals surface area contributed by atoms with Crippen LogP contribution in [-0.4, -0.2) is 29.4 Å². The van der Waals surface area contributed by atoms with Crippen molar-refractivity contribution in [3.63, 3.8) is 0 Å². The Morgan fingerprint density at radius 2 is 2.06 bits per heavy atom. The lowest BCUT2D eigenvalue weighted by atomic mass is 9.83. The van der Waals surface area contributed by atoms with E-state index in [0.717, 1.165) is 19.3 Å². The summed E-state index contributed by atoms with van der Waals surface area (Å²) in [4.78, 5) is 14.1. The smallest absolute Gasteiger partial charge is 0.223 e. The van der Waals surface area contributed by atoms with Crippen LogP contribution in [0.4, 0.5) is 0 Å². The Balaban J connectivity index is 2.48. The molecule has 100 valence electrons. The van der Waals surface area contributed by atoms with Gasteiger partial charge >= 0.3 is 0 Å². The maximum absolute atomic E-state index is 12.2. The van der Waals surface area contributed by atoms with Gasteiger partial charge in [0.05, 0.1) is 0 Å². The van der Waals surface area contributed by atoms with Crippen LogP contribution in [0.25, 0.3) is 0 Å². The van der Waals surface area contributed by atoms with E-state index < -0.39 is 0 Å². The molecule has 17 heavy (non-hydrogen) atoms. The lowest BCUT2D eigenvalue weighted by Crippen LogP contribution is -2.45. The van der Waals surface area contributed by atoms with Crippen molar-refractivity contribution >= 4 is 5.91 Å². The first-order chi connectivity index (χ1) is 7.86. The second-order valence-electron chi connectivity index (χ2n) is 6.12. The molecule has 1 aliphatic carbocycles. The van der Waals surface area contributed by atoms with Gasteiger partial charge in [-0.3, -0.25) is 4.79 Å². The number of rotatable bonds is 4.